The second-order valence-corrected chi connectivity index (χ2v) is 5.30. The van der Waals surface area contributed by atoms with E-state index in [0.29, 0.717) is 0 Å². The SMILES string of the molecule is CC1(C)CCC(OS(N)(=O)=O)C1. The van der Waals surface area contributed by atoms with Crippen LogP contribution in [0.5, 0.6) is 0 Å². The van der Waals surface area contributed by atoms with E-state index >= 15 is 0 Å². The van der Waals surface area contributed by atoms with Gasteiger partial charge in [-0.25, -0.2) is 5.14 Å². The van der Waals surface area contributed by atoms with E-state index in [1.165, 1.54) is 0 Å². The standard InChI is InChI=1S/C7H15NO3S/c1-7(2)4-3-6(5-7)11-12(8,9)10/h6H,3-5H2,1-2H3,(H2,8,9,10). The third-order valence-electron chi connectivity index (χ3n) is 2.19. The van der Waals surface area contributed by atoms with E-state index in [2.05, 4.69) is 18.0 Å². The van der Waals surface area contributed by atoms with Gasteiger partial charge in [0.15, 0.2) is 0 Å². The third-order valence-corrected chi connectivity index (χ3v) is 2.73. The molecule has 1 atom stereocenters. The van der Waals surface area contributed by atoms with Crippen molar-refractivity contribution >= 4 is 10.3 Å². The lowest BCUT2D eigenvalue weighted by Crippen LogP contribution is -2.23. The van der Waals surface area contributed by atoms with Crippen molar-refractivity contribution in [3.8, 4) is 0 Å². The molecule has 0 aromatic carbocycles. The minimum absolute atomic E-state index is 0.190. The summed E-state index contributed by atoms with van der Waals surface area (Å²) in [6.45, 7) is 4.19. The van der Waals surface area contributed by atoms with Crippen molar-refractivity contribution in [2.24, 2.45) is 10.6 Å². The zero-order chi connectivity index (χ0) is 9.41. The molecule has 1 fully saturated rings. The second-order valence-electron chi connectivity index (χ2n) is 4.12. The van der Waals surface area contributed by atoms with Crippen molar-refractivity contribution in [1.29, 1.82) is 0 Å². The molecule has 4 nitrogen and oxygen atoms in total. The number of hydrogen-bond donors (Lipinski definition) is 1. The molecule has 0 aromatic rings. The smallest absolute Gasteiger partial charge is 0.255 e. The lowest BCUT2D eigenvalue weighted by Gasteiger charge is -2.16. The molecule has 0 spiro atoms. The van der Waals surface area contributed by atoms with E-state index in [-0.39, 0.29) is 11.5 Å². The van der Waals surface area contributed by atoms with E-state index in [4.69, 9.17) is 5.14 Å². The Morgan fingerprint density at radius 2 is 2.08 bits per heavy atom. The Hall–Kier alpha value is -0.130. The molecule has 0 aliphatic heterocycles. The molecule has 0 radical (unpaired) electrons. The highest BCUT2D eigenvalue weighted by Crippen LogP contribution is 2.38. The van der Waals surface area contributed by atoms with Crippen molar-refractivity contribution in [3.63, 3.8) is 0 Å². The summed E-state index contributed by atoms with van der Waals surface area (Å²) >= 11 is 0. The number of rotatable bonds is 2. The van der Waals surface area contributed by atoms with Crippen molar-refractivity contribution in [1.82, 2.24) is 0 Å². The van der Waals surface area contributed by atoms with Gasteiger partial charge in [-0.1, -0.05) is 13.8 Å². The molecule has 0 amide bonds. The van der Waals surface area contributed by atoms with Crippen LogP contribution in [0.4, 0.5) is 0 Å². The highest BCUT2D eigenvalue weighted by Gasteiger charge is 2.33. The van der Waals surface area contributed by atoms with Gasteiger partial charge >= 0.3 is 10.3 Å². The van der Waals surface area contributed by atoms with Gasteiger partial charge in [0.05, 0.1) is 6.10 Å². The summed E-state index contributed by atoms with van der Waals surface area (Å²) in [6.07, 6.45) is 2.33. The summed E-state index contributed by atoms with van der Waals surface area (Å²) in [5.74, 6) is 0. The third kappa shape index (κ3) is 3.08. The first kappa shape index (κ1) is 9.95. The van der Waals surface area contributed by atoms with E-state index in [1.54, 1.807) is 0 Å². The topological polar surface area (TPSA) is 69.4 Å². The van der Waals surface area contributed by atoms with Gasteiger partial charge in [0.1, 0.15) is 0 Å². The molecule has 0 heterocycles. The first-order valence-corrected chi connectivity index (χ1v) is 5.47. The van der Waals surface area contributed by atoms with Crippen molar-refractivity contribution < 1.29 is 12.6 Å². The molecule has 0 saturated heterocycles. The van der Waals surface area contributed by atoms with Gasteiger partial charge in [-0.15, -0.1) is 0 Å². The van der Waals surface area contributed by atoms with Crippen molar-refractivity contribution in [2.75, 3.05) is 0 Å². The van der Waals surface area contributed by atoms with E-state index in [0.717, 1.165) is 19.3 Å². The highest BCUT2D eigenvalue weighted by molar-refractivity contribution is 7.84. The van der Waals surface area contributed by atoms with Crippen LogP contribution in [0.15, 0.2) is 0 Å². The van der Waals surface area contributed by atoms with Gasteiger partial charge in [0, 0.05) is 0 Å². The van der Waals surface area contributed by atoms with Gasteiger partial charge in [0.2, 0.25) is 0 Å². The summed E-state index contributed by atoms with van der Waals surface area (Å²) in [6, 6.07) is 0. The Kier molecular flexibility index (Phi) is 2.47. The van der Waals surface area contributed by atoms with Crippen LogP contribution >= 0.6 is 0 Å². The zero-order valence-electron chi connectivity index (χ0n) is 7.41. The monoisotopic (exact) mass is 193 g/mol. The fraction of sp³-hybridized carbons (Fsp3) is 1.00. The predicted molar refractivity (Wildman–Crippen MR) is 45.6 cm³/mol. The van der Waals surface area contributed by atoms with Crippen LogP contribution in [0, 0.1) is 5.41 Å². The first-order chi connectivity index (χ1) is 5.29. The molecule has 12 heavy (non-hydrogen) atoms. The van der Waals surface area contributed by atoms with Crippen LogP contribution < -0.4 is 5.14 Å². The summed E-state index contributed by atoms with van der Waals surface area (Å²) in [5, 5.41) is 4.75. The summed E-state index contributed by atoms with van der Waals surface area (Å²) in [5.41, 5.74) is 0.190. The maximum absolute atomic E-state index is 10.6. The molecule has 1 rings (SSSR count). The molecular weight excluding hydrogens is 178 g/mol. The fourth-order valence-electron chi connectivity index (χ4n) is 1.64. The Morgan fingerprint density at radius 1 is 1.50 bits per heavy atom. The molecular formula is C7H15NO3S. The first-order valence-electron chi connectivity index (χ1n) is 4.00. The summed E-state index contributed by atoms with van der Waals surface area (Å²) in [4.78, 5) is 0. The van der Waals surface area contributed by atoms with Gasteiger partial charge in [-0.2, -0.15) is 8.42 Å². The fourth-order valence-corrected chi connectivity index (χ4v) is 2.19. The predicted octanol–water partition coefficient (Wildman–Crippen LogP) is 0.785. The molecule has 5 heteroatoms. The van der Waals surface area contributed by atoms with Crippen molar-refractivity contribution in [3.05, 3.63) is 0 Å². The highest BCUT2D eigenvalue weighted by atomic mass is 32.2. The van der Waals surface area contributed by atoms with Crippen LogP contribution in [0.1, 0.15) is 33.1 Å². The number of nitrogens with two attached hydrogens (primary N) is 1. The van der Waals surface area contributed by atoms with E-state index in [9.17, 15) is 8.42 Å². The van der Waals surface area contributed by atoms with Crippen LogP contribution in [0.2, 0.25) is 0 Å². The zero-order valence-corrected chi connectivity index (χ0v) is 8.23. The van der Waals surface area contributed by atoms with Crippen LogP contribution in [0.25, 0.3) is 0 Å². The second kappa shape index (κ2) is 2.97. The van der Waals surface area contributed by atoms with Crippen LogP contribution in [0.3, 0.4) is 0 Å². The molecule has 1 unspecified atom stereocenters. The summed E-state index contributed by atoms with van der Waals surface area (Å²) < 4.78 is 25.8. The Balaban J connectivity index is 2.49. The molecule has 1 aliphatic carbocycles. The Labute approximate surface area is 73.3 Å². The van der Waals surface area contributed by atoms with E-state index < -0.39 is 10.3 Å². The number of hydrogen-bond acceptors (Lipinski definition) is 3. The lowest BCUT2D eigenvalue weighted by molar-refractivity contribution is 0.200. The van der Waals surface area contributed by atoms with Gasteiger partial charge < -0.3 is 0 Å². The largest absolute Gasteiger partial charge is 0.333 e. The van der Waals surface area contributed by atoms with Crippen LogP contribution in [-0.2, 0) is 14.5 Å². The van der Waals surface area contributed by atoms with Gasteiger partial charge in [-0.3, -0.25) is 4.18 Å². The van der Waals surface area contributed by atoms with Crippen LogP contribution in [-0.4, -0.2) is 14.5 Å². The molecule has 72 valence electrons. The average Bonchev–Trinajstić information content (AvgIpc) is 2.05. The molecule has 1 aliphatic rings. The molecule has 1 saturated carbocycles. The van der Waals surface area contributed by atoms with Gasteiger partial charge in [-0.05, 0) is 24.7 Å². The van der Waals surface area contributed by atoms with Crippen molar-refractivity contribution in [2.45, 2.75) is 39.2 Å². The quantitative estimate of drug-likeness (QED) is 0.704. The minimum Gasteiger partial charge on any atom is -0.255 e. The molecule has 0 bridgehead atoms. The lowest BCUT2D eigenvalue weighted by atomic mass is 9.92. The summed E-state index contributed by atoms with van der Waals surface area (Å²) in [7, 11) is -3.76. The molecule has 0 aromatic heterocycles. The molecule has 2 N–H and O–H groups in total. The minimum atomic E-state index is -3.76. The maximum Gasteiger partial charge on any atom is 0.333 e. The Bertz CT molecular complexity index is 258. The van der Waals surface area contributed by atoms with Gasteiger partial charge in [0.25, 0.3) is 0 Å². The van der Waals surface area contributed by atoms with E-state index in [1.807, 2.05) is 0 Å². The Morgan fingerprint density at radius 3 is 2.42 bits per heavy atom. The normalized spacial score (nSPS) is 29.1. The maximum atomic E-state index is 10.6. The average molecular weight is 193 g/mol.